The number of aliphatic carboxylic acids is 1. The quantitative estimate of drug-likeness (QED) is 0.890. The Morgan fingerprint density at radius 2 is 2.12 bits per heavy atom. The number of rotatable bonds is 3. The van der Waals surface area contributed by atoms with Crippen molar-refractivity contribution in [3.05, 3.63) is 34.2 Å². The van der Waals surface area contributed by atoms with E-state index in [4.69, 9.17) is 5.11 Å². The lowest BCUT2D eigenvalue weighted by Crippen LogP contribution is -2.29. The molecule has 0 fully saturated rings. The summed E-state index contributed by atoms with van der Waals surface area (Å²) in [6.07, 6.45) is -3.64. The molecule has 0 spiro atoms. The average molecular weight is 249 g/mol. The molecule has 0 aromatic carbocycles. The monoisotopic (exact) mass is 249 g/mol. The maximum atomic E-state index is 12.3. The molecule has 1 heterocycles. The zero-order valence-electron chi connectivity index (χ0n) is 8.86. The topological polar surface area (TPSA) is 59.3 Å². The summed E-state index contributed by atoms with van der Waals surface area (Å²) in [6.45, 7) is 1.53. The number of carboxylic acid groups (broad SMARTS) is 1. The van der Waals surface area contributed by atoms with Gasteiger partial charge in [0.15, 0.2) is 0 Å². The van der Waals surface area contributed by atoms with Gasteiger partial charge in [-0.3, -0.25) is 4.79 Å². The van der Waals surface area contributed by atoms with Gasteiger partial charge in [0.2, 0.25) is 0 Å². The van der Waals surface area contributed by atoms with Gasteiger partial charge in [0.1, 0.15) is 6.04 Å². The van der Waals surface area contributed by atoms with Gasteiger partial charge in [0.25, 0.3) is 5.56 Å². The lowest BCUT2D eigenvalue weighted by molar-refractivity contribution is -0.141. The highest BCUT2D eigenvalue weighted by Crippen LogP contribution is 2.28. The molecule has 0 aliphatic carbocycles. The molecule has 0 amide bonds. The Bertz CT molecular complexity index is 478. The highest BCUT2D eigenvalue weighted by molar-refractivity contribution is 5.71. The van der Waals surface area contributed by atoms with E-state index in [2.05, 4.69) is 0 Å². The fraction of sp³-hybridized carbons (Fsp3) is 0.400. The van der Waals surface area contributed by atoms with Crippen LogP contribution < -0.4 is 5.56 Å². The average Bonchev–Trinajstić information content (AvgIpc) is 2.19. The number of aromatic nitrogens is 1. The minimum Gasteiger partial charge on any atom is -0.480 e. The van der Waals surface area contributed by atoms with Crippen LogP contribution in [0.25, 0.3) is 0 Å². The molecule has 1 aromatic heterocycles. The van der Waals surface area contributed by atoms with Crippen LogP contribution in [0, 0.1) is 0 Å². The molecule has 0 aliphatic heterocycles. The van der Waals surface area contributed by atoms with Gasteiger partial charge >= 0.3 is 12.1 Å². The van der Waals surface area contributed by atoms with E-state index in [0.29, 0.717) is 12.1 Å². The summed E-state index contributed by atoms with van der Waals surface area (Å²) < 4.78 is 37.6. The zero-order valence-corrected chi connectivity index (χ0v) is 8.86. The smallest absolute Gasteiger partial charge is 0.416 e. The molecule has 0 saturated heterocycles. The zero-order chi connectivity index (χ0) is 13.2. The summed E-state index contributed by atoms with van der Waals surface area (Å²) in [7, 11) is 0. The maximum Gasteiger partial charge on any atom is 0.416 e. The highest BCUT2D eigenvalue weighted by Gasteiger charge is 2.31. The van der Waals surface area contributed by atoms with Crippen molar-refractivity contribution in [1.82, 2.24) is 4.57 Å². The van der Waals surface area contributed by atoms with Crippen molar-refractivity contribution in [2.24, 2.45) is 0 Å². The second-order valence-corrected chi connectivity index (χ2v) is 3.42. The molecule has 1 N–H and O–H groups in total. The largest absolute Gasteiger partial charge is 0.480 e. The van der Waals surface area contributed by atoms with Gasteiger partial charge in [0, 0.05) is 12.3 Å². The predicted octanol–water partition coefficient (Wildman–Crippen LogP) is 1.90. The molecule has 1 unspecified atom stereocenters. The SMILES string of the molecule is CCC(C(=O)O)n1ccc(C(F)(F)F)cc1=O. The first-order chi connectivity index (χ1) is 7.77. The van der Waals surface area contributed by atoms with E-state index in [9.17, 15) is 22.8 Å². The minimum absolute atomic E-state index is 0.112. The second kappa shape index (κ2) is 4.60. The van der Waals surface area contributed by atoms with Crippen LogP contribution >= 0.6 is 0 Å². The highest BCUT2D eigenvalue weighted by atomic mass is 19.4. The van der Waals surface area contributed by atoms with Crippen molar-refractivity contribution in [2.75, 3.05) is 0 Å². The van der Waals surface area contributed by atoms with Crippen LogP contribution in [-0.2, 0) is 11.0 Å². The van der Waals surface area contributed by atoms with Gasteiger partial charge in [-0.05, 0) is 12.5 Å². The molecule has 1 aromatic rings. The molecule has 17 heavy (non-hydrogen) atoms. The molecule has 1 rings (SSSR count). The fourth-order valence-electron chi connectivity index (χ4n) is 1.41. The Morgan fingerprint density at radius 1 is 1.53 bits per heavy atom. The molecular formula is C10H10F3NO3. The lowest BCUT2D eigenvalue weighted by atomic mass is 10.2. The lowest BCUT2D eigenvalue weighted by Gasteiger charge is -2.14. The van der Waals surface area contributed by atoms with Crippen LogP contribution in [0.2, 0.25) is 0 Å². The van der Waals surface area contributed by atoms with E-state index in [1.807, 2.05) is 0 Å². The van der Waals surface area contributed by atoms with Crippen LogP contribution in [-0.4, -0.2) is 15.6 Å². The van der Waals surface area contributed by atoms with Crippen molar-refractivity contribution in [3.63, 3.8) is 0 Å². The van der Waals surface area contributed by atoms with Gasteiger partial charge in [-0.2, -0.15) is 13.2 Å². The summed E-state index contributed by atoms with van der Waals surface area (Å²) in [5.74, 6) is -1.26. The van der Waals surface area contributed by atoms with Gasteiger partial charge in [-0.1, -0.05) is 6.92 Å². The number of halogens is 3. The Kier molecular flexibility index (Phi) is 3.59. The normalized spacial score (nSPS) is 13.4. The number of hydrogen-bond acceptors (Lipinski definition) is 2. The van der Waals surface area contributed by atoms with Gasteiger partial charge in [0.05, 0.1) is 5.56 Å². The van der Waals surface area contributed by atoms with Crippen molar-refractivity contribution in [2.45, 2.75) is 25.6 Å². The molecule has 0 saturated carbocycles. The molecule has 7 heteroatoms. The molecule has 1 atom stereocenters. The van der Waals surface area contributed by atoms with Crippen LogP contribution in [0.3, 0.4) is 0 Å². The first kappa shape index (κ1) is 13.3. The second-order valence-electron chi connectivity index (χ2n) is 3.42. The fourth-order valence-corrected chi connectivity index (χ4v) is 1.41. The number of carboxylic acids is 1. The van der Waals surface area contributed by atoms with Crippen LogP contribution in [0.5, 0.6) is 0 Å². The summed E-state index contributed by atoms with van der Waals surface area (Å²) >= 11 is 0. The van der Waals surface area contributed by atoms with Crippen molar-refractivity contribution in [3.8, 4) is 0 Å². The number of nitrogens with zero attached hydrogens (tertiary/aromatic N) is 1. The number of hydrogen-bond donors (Lipinski definition) is 1. The molecule has 0 radical (unpaired) electrons. The Balaban J connectivity index is 3.23. The minimum atomic E-state index is -4.61. The van der Waals surface area contributed by atoms with Crippen LogP contribution in [0.1, 0.15) is 24.9 Å². The summed E-state index contributed by atoms with van der Waals surface area (Å²) in [4.78, 5) is 22.2. The van der Waals surface area contributed by atoms with Crippen LogP contribution in [0.15, 0.2) is 23.1 Å². The standard InChI is InChI=1S/C10H10F3NO3/c1-2-7(9(16)17)14-4-3-6(5-8(14)15)10(11,12)13/h3-5,7H,2H2,1H3,(H,16,17). The Morgan fingerprint density at radius 3 is 2.47 bits per heavy atom. The predicted molar refractivity (Wildman–Crippen MR) is 52.7 cm³/mol. The molecule has 4 nitrogen and oxygen atoms in total. The van der Waals surface area contributed by atoms with Crippen molar-refractivity contribution >= 4 is 5.97 Å². The Labute approximate surface area is 94.3 Å². The molecule has 94 valence electrons. The molecular weight excluding hydrogens is 239 g/mol. The number of carbonyl (C=O) groups is 1. The maximum absolute atomic E-state index is 12.3. The summed E-state index contributed by atoms with van der Waals surface area (Å²) in [5, 5.41) is 8.80. The third-order valence-electron chi connectivity index (χ3n) is 2.28. The van der Waals surface area contributed by atoms with E-state index in [1.54, 1.807) is 0 Å². The van der Waals surface area contributed by atoms with Gasteiger partial charge in [-0.15, -0.1) is 0 Å². The first-order valence-electron chi connectivity index (χ1n) is 4.79. The summed E-state index contributed by atoms with van der Waals surface area (Å²) in [5.41, 5.74) is -2.06. The first-order valence-corrected chi connectivity index (χ1v) is 4.79. The third-order valence-corrected chi connectivity index (χ3v) is 2.28. The van der Waals surface area contributed by atoms with Crippen molar-refractivity contribution in [1.29, 1.82) is 0 Å². The number of pyridine rings is 1. The van der Waals surface area contributed by atoms with E-state index < -0.39 is 29.3 Å². The van der Waals surface area contributed by atoms with Gasteiger partial charge in [-0.25, -0.2) is 4.79 Å². The van der Waals surface area contributed by atoms with Crippen molar-refractivity contribution < 1.29 is 23.1 Å². The Hall–Kier alpha value is -1.79. The van der Waals surface area contributed by atoms with E-state index in [1.165, 1.54) is 6.92 Å². The summed E-state index contributed by atoms with van der Waals surface area (Å²) in [6, 6.07) is -0.0664. The van der Waals surface area contributed by atoms with Crippen LogP contribution in [0.4, 0.5) is 13.2 Å². The third kappa shape index (κ3) is 2.86. The molecule has 0 aliphatic rings. The van der Waals surface area contributed by atoms with E-state index >= 15 is 0 Å². The molecule has 0 bridgehead atoms. The van der Waals surface area contributed by atoms with Gasteiger partial charge < -0.3 is 9.67 Å². The van der Waals surface area contributed by atoms with E-state index in [-0.39, 0.29) is 6.42 Å². The number of alkyl halides is 3. The van der Waals surface area contributed by atoms with E-state index in [0.717, 1.165) is 10.8 Å².